The summed E-state index contributed by atoms with van der Waals surface area (Å²) in [6.45, 7) is 5.60. The molecule has 0 radical (unpaired) electrons. The van der Waals surface area contributed by atoms with Crippen LogP contribution in [0.3, 0.4) is 0 Å². The fraction of sp³-hybridized carbons (Fsp3) is 0.387. The van der Waals surface area contributed by atoms with Crippen LogP contribution < -0.4 is 11.3 Å². The molecular formula is C31H33FN6O5. The second kappa shape index (κ2) is 11.3. The molecule has 12 heteroatoms. The van der Waals surface area contributed by atoms with Gasteiger partial charge in [0.15, 0.2) is 5.82 Å². The molecule has 1 saturated carbocycles. The van der Waals surface area contributed by atoms with Crippen LogP contribution in [0.1, 0.15) is 62.9 Å². The van der Waals surface area contributed by atoms with Crippen molar-refractivity contribution in [3.8, 4) is 22.5 Å². The summed E-state index contributed by atoms with van der Waals surface area (Å²) >= 11 is 0. The van der Waals surface area contributed by atoms with Crippen LogP contribution in [0.25, 0.3) is 28.3 Å². The summed E-state index contributed by atoms with van der Waals surface area (Å²) in [5.74, 6) is -0.429. The minimum absolute atomic E-state index is 0.0759. The Morgan fingerprint density at radius 1 is 1.16 bits per heavy atom. The Morgan fingerprint density at radius 3 is 2.60 bits per heavy atom. The van der Waals surface area contributed by atoms with E-state index in [0.717, 1.165) is 6.42 Å². The van der Waals surface area contributed by atoms with Gasteiger partial charge in [-0.05, 0) is 55.9 Å². The molecular weight excluding hydrogens is 555 g/mol. The highest BCUT2D eigenvalue weighted by molar-refractivity contribution is 5.80. The minimum atomic E-state index is -0.937. The Hall–Kier alpha value is -4.42. The van der Waals surface area contributed by atoms with E-state index in [1.165, 1.54) is 12.4 Å². The molecule has 3 aromatic heterocycles. The lowest BCUT2D eigenvalue weighted by Gasteiger charge is -2.37. The summed E-state index contributed by atoms with van der Waals surface area (Å²) in [5, 5.41) is 18.2. The van der Waals surface area contributed by atoms with Gasteiger partial charge in [-0.3, -0.25) is 18.9 Å². The maximum Gasteiger partial charge on any atom is 0.439 e. The molecule has 0 atom stereocenters. The Balaban J connectivity index is 1.34. The number of aliphatic hydroxyl groups is 1. The normalized spacial score (nSPS) is 17.0. The number of aromatic nitrogens is 6. The molecule has 0 amide bonds. The van der Waals surface area contributed by atoms with Gasteiger partial charge in [-0.2, -0.15) is 10.1 Å². The first-order valence-electron chi connectivity index (χ1n) is 14.4. The first kappa shape index (κ1) is 28.7. The number of nitrogens with one attached hydrogen (secondary N) is 1. The Kier molecular flexibility index (Phi) is 7.57. The van der Waals surface area contributed by atoms with E-state index in [1.807, 2.05) is 19.1 Å². The summed E-state index contributed by atoms with van der Waals surface area (Å²) in [6, 6.07) is 11.9. The van der Waals surface area contributed by atoms with E-state index in [-0.39, 0.29) is 36.6 Å². The van der Waals surface area contributed by atoms with Gasteiger partial charge in [0.25, 0.3) is 5.56 Å². The lowest BCUT2D eigenvalue weighted by Crippen LogP contribution is -2.42. The van der Waals surface area contributed by atoms with Gasteiger partial charge >= 0.3 is 5.76 Å². The molecule has 1 aliphatic carbocycles. The monoisotopic (exact) mass is 588 g/mol. The summed E-state index contributed by atoms with van der Waals surface area (Å²) < 4.78 is 29.6. The number of halogens is 1. The van der Waals surface area contributed by atoms with Gasteiger partial charge in [0, 0.05) is 23.6 Å². The Morgan fingerprint density at radius 2 is 1.93 bits per heavy atom. The van der Waals surface area contributed by atoms with Gasteiger partial charge in [-0.15, -0.1) is 0 Å². The molecule has 3 heterocycles. The number of fused-ring (bicyclic) bond motifs is 1. The quantitative estimate of drug-likeness (QED) is 0.249. The van der Waals surface area contributed by atoms with E-state index in [4.69, 9.17) is 4.74 Å². The van der Waals surface area contributed by atoms with Crippen LogP contribution in [-0.4, -0.2) is 52.7 Å². The highest BCUT2D eigenvalue weighted by Gasteiger charge is 2.35. The number of H-pyrrole nitrogens is 1. The predicted molar refractivity (Wildman–Crippen MR) is 156 cm³/mol. The van der Waals surface area contributed by atoms with Crippen molar-refractivity contribution in [3.05, 3.63) is 92.3 Å². The van der Waals surface area contributed by atoms with Crippen LogP contribution in [0.4, 0.5) is 4.39 Å². The number of aromatic amines is 1. The Bertz CT molecular complexity index is 1890. The largest absolute Gasteiger partial charge is 0.439 e. The van der Waals surface area contributed by atoms with Crippen molar-refractivity contribution in [2.45, 2.75) is 70.6 Å². The molecule has 5 aromatic rings. The van der Waals surface area contributed by atoms with Crippen molar-refractivity contribution in [2.24, 2.45) is 0 Å². The molecule has 0 saturated heterocycles. The van der Waals surface area contributed by atoms with E-state index in [9.17, 15) is 14.7 Å². The molecule has 43 heavy (non-hydrogen) atoms. The van der Waals surface area contributed by atoms with E-state index < -0.39 is 17.2 Å². The van der Waals surface area contributed by atoms with Crippen LogP contribution in [-0.2, 0) is 17.6 Å². The number of rotatable bonds is 10. The molecule has 2 N–H and O–H groups in total. The molecule has 0 bridgehead atoms. The molecule has 0 aliphatic heterocycles. The van der Waals surface area contributed by atoms with Gasteiger partial charge in [-0.25, -0.2) is 13.7 Å². The number of ether oxygens (including phenoxy) is 1. The van der Waals surface area contributed by atoms with E-state index in [0.29, 0.717) is 58.6 Å². The minimum Gasteiger partial charge on any atom is -0.388 e. The van der Waals surface area contributed by atoms with Crippen molar-refractivity contribution in [2.75, 3.05) is 6.61 Å². The highest BCUT2D eigenvalue weighted by atomic mass is 19.1. The lowest BCUT2D eigenvalue weighted by atomic mass is 9.88. The average molecular weight is 589 g/mol. The van der Waals surface area contributed by atoms with Crippen LogP contribution in [0.5, 0.6) is 0 Å². The second-order valence-corrected chi connectivity index (χ2v) is 11.7. The van der Waals surface area contributed by atoms with E-state index in [2.05, 4.69) is 24.7 Å². The van der Waals surface area contributed by atoms with Gasteiger partial charge in [0.2, 0.25) is 5.78 Å². The van der Waals surface area contributed by atoms with Crippen LogP contribution in [0.2, 0.25) is 0 Å². The number of nitrogens with zero attached hydrogens (tertiary/aromatic N) is 5. The first-order valence-corrected chi connectivity index (χ1v) is 14.4. The number of hydrogen-bond donors (Lipinski definition) is 2. The second-order valence-electron chi connectivity index (χ2n) is 11.7. The maximum atomic E-state index is 15.8. The van der Waals surface area contributed by atoms with Crippen molar-refractivity contribution >= 4 is 5.78 Å². The predicted octanol–water partition coefficient (Wildman–Crippen LogP) is 4.07. The van der Waals surface area contributed by atoms with Crippen LogP contribution >= 0.6 is 0 Å². The van der Waals surface area contributed by atoms with Gasteiger partial charge in [0.05, 0.1) is 24.0 Å². The lowest BCUT2D eigenvalue weighted by molar-refractivity contribution is -0.0894. The zero-order valence-electron chi connectivity index (χ0n) is 24.2. The summed E-state index contributed by atoms with van der Waals surface area (Å²) in [5.41, 5.74) is 2.27. The average Bonchev–Trinajstić information content (AvgIpc) is 3.61. The standard InChI is InChI=1S/C31H33FN6O5/c1-4-7-26-24(28(39)37(29-33-17-34-38(26)29)20-14-21(15-20)42-16-31(2,3)41)12-19-11-10-18(13-25(19)32)22-8-5-6-9-23(22)27-35-30(40)43-36-27/h5-6,8-11,13,17,20-21,41H,4,7,12,14-16H2,1-3H3,(H,35,36,40). The third-order valence-corrected chi connectivity index (χ3v) is 7.77. The third-order valence-electron chi connectivity index (χ3n) is 7.77. The van der Waals surface area contributed by atoms with Crippen molar-refractivity contribution in [1.82, 2.24) is 29.3 Å². The highest BCUT2D eigenvalue weighted by Crippen LogP contribution is 2.36. The Labute approximate surface area is 246 Å². The van der Waals surface area contributed by atoms with Gasteiger partial charge in [0.1, 0.15) is 12.1 Å². The SMILES string of the molecule is CCCc1c(Cc2ccc(-c3ccccc3-c3noc(=O)[nH]3)cc2F)c(=O)n(C2CC(OCC(C)(C)O)C2)c2ncnn12. The third kappa shape index (κ3) is 5.67. The molecule has 0 unspecified atom stereocenters. The van der Waals surface area contributed by atoms with Crippen molar-refractivity contribution < 1.29 is 18.8 Å². The van der Waals surface area contributed by atoms with Crippen LogP contribution in [0.15, 0.2) is 62.9 Å². The smallest absolute Gasteiger partial charge is 0.388 e. The molecule has 1 fully saturated rings. The molecule has 2 aromatic carbocycles. The zero-order valence-corrected chi connectivity index (χ0v) is 24.2. The van der Waals surface area contributed by atoms with Crippen molar-refractivity contribution in [3.63, 3.8) is 0 Å². The summed E-state index contributed by atoms with van der Waals surface area (Å²) in [7, 11) is 0. The zero-order chi connectivity index (χ0) is 30.3. The number of hydrogen-bond acceptors (Lipinski definition) is 8. The molecule has 11 nitrogen and oxygen atoms in total. The molecule has 6 rings (SSSR count). The van der Waals surface area contributed by atoms with Crippen LogP contribution in [0, 0.1) is 5.82 Å². The van der Waals surface area contributed by atoms with E-state index in [1.54, 1.807) is 47.2 Å². The number of aryl methyl sites for hydroxylation is 1. The fourth-order valence-electron chi connectivity index (χ4n) is 5.62. The van der Waals surface area contributed by atoms with Crippen molar-refractivity contribution in [1.29, 1.82) is 0 Å². The van der Waals surface area contributed by atoms with E-state index >= 15 is 4.39 Å². The van der Waals surface area contributed by atoms with Gasteiger partial charge in [-0.1, -0.05) is 54.9 Å². The summed E-state index contributed by atoms with van der Waals surface area (Å²) in [6.07, 6.45) is 3.99. The number of benzene rings is 2. The van der Waals surface area contributed by atoms with Gasteiger partial charge < -0.3 is 9.84 Å². The fourth-order valence-corrected chi connectivity index (χ4v) is 5.62. The molecule has 1 aliphatic rings. The molecule has 224 valence electrons. The maximum absolute atomic E-state index is 15.8. The summed E-state index contributed by atoms with van der Waals surface area (Å²) in [4.78, 5) is 32.5. The molecule has 0 spiro atoms. The topological polar surface area (TPSA) is 141 Å². The first-order chi connectivity index (χ1) is 20.6.